The molecule has 0 saturated carbocycles. The molecular weight excluding hydrogens is 310 g/mol. The molecule has 0 atom stereocenters. The molecule has 5 nitrogen and oxygen atoms in total. The third-order valence-electron chi connectivity index (χ3n) is 2.03. The van der Waals surface area contributed by atoms with Gasteiger partial charge in [-0.3, -0.25) is 9.10 Å². The van der Waals surface area contributed by atoms with Crippen molar-refractivity contribution in [3.8, 4) is 0 Å². The average molecular weight is 322 g/mol. The van der Waals surface area contributed by atoms with Crippen molar-refractivity contribution in [2.45, 2.75) is 6.42 Å². The van der Waals surface area contributed by atoms with E-state index in [4.69, 9.17) is 5.11 Å². The maximum atomic E-state index is 11.6. The van der Waals surface area contributed by atoms with E-state index >= 15 is 0 Å². The number of halogens is 1. The second-order valence-electron chi connectivity index (χ2n) is 3.46. The fourth-order valence-electron chi connectivity index (χ4n) is 1.31. The summed E-state index contributed by atoms with van der Waals surface area (Å²) < 4.78 is 25.0. The fourth-order valence-corrected chi connectivity index (χ4v) is 2.62. The summed E-state index contributed by atoms with van der Waals surface area (Å²) in [6.45, 7) is -0.0788. The van der Waals surface area contributed by atoms with Crippen molar-refractivity contribution < 1.29 is 18.3 Å². The van der Waals surface area contributed by atoms with Crippen molar-refractivity contribution >= 4 is 37.6 Å². The van der Waals surface area contributed by atoms with E-state index in [0.717, 1.165) is 15.0 Å². The van der Waals surface area contributed by atoms with Gasteiger partial charge in [-0.15, -0.1) is 0 Å². The topological polar surface area (TPSA) is 74.7 Å². The molecule has 0 aromatic heterocycles. The number of rotatable bonds is 5. The molecule has 1 aromatic carbocycles. The smallest absolute Gasteiger partial charge is 0.305 e. The molecule has 0 fully saturated rings. The number of hydrogen-bond donors (Lipinski definition) is 1. The van der Waals surface area contributed by atoms with E-state index in [0.29, 0.717) is 5.69 Å². The highest BCUT2D eigenvalue weighted by molar-refractivity contribution is 9.10. The number of carboxylic acids is 1. The summed E-state index contributed by atoms with van der Waals surface area (Å²) in [5, 5.41) is 8.60. The van der Waals surface area contributed by atoms with Gasteiger partial charge >= 0.3 is 5.97 Å². The molecule has 0 aliphatic carbocycles. The lowest BCUT2D eigenvalue weighted by atomic mass is 10.3. The third kappa shape index (κ3) is 4.35. The molecule has 0 aliphatic rings. The lowest BCUT2D eigenvalue weighted by Crippen LogP contribution is -2.32. The molecule has 94 valence electrons. The normalized spacial score (nSPS) is 11.2. The third-order valence-corrected chi connectivity index (χ3v) is 3.71. The van der Waals surface area contributed by atoms with Crippen molar-refractivity contribution in [2.24, 2.45) is 0 Å². The fraction of sp³-hybridized carbons (Fsp3) is 0.300. The highest BCUT2D eigenvalue weighted by Crippen LogP contribution is 2.22. The van der Waals surface area contributed by atoms with Gasteiger partial charge in [-0.2, -0.15) is 0 Å². The van der Waals surface area contributed by atoms with Gasteiger partial charge in [0.1, 0.15) is 0 Å². The van der Waals surface area contributed by atoms with Gasteiger partial charge in [0.05, 0.1) is 18.4 Å². The average Bonchev–Trinajstić information content (AvgIpc) is 2.15. The number of nitrogens with zero attached hydrogens (tertiary/aromatic N) is 1. The van der Waals surface area contributed by atoms with Gasteiger partial charge in [0, 0.05) is 11.0 Å². The van der Waals surface area contributed by atoms with Crippen LogP contribution in [0.3, 0.4) is 0 Å². The second kappa shape index (κ2) is 5.50. The SMILES string of the molecule is CS(=O)(=O)N(CCC(=O)O)c1cccc(Br)c1. The molecule has 0 saturated heterocycles. The van der Waals surface area contributed by atoms with E-state index in [9.17, 15) is 13.2 Å². The molecule has 17 heavy (non-hydrogen) atoms. The Morgan fingerprint density at radius 2 is 2.12 bits per heavy atom. The first-order chi connectivity index (χ1) is 7.80. The maximum Gasteiger partial charge on any atom is 0.305 e. The van der Waals surface area contributed by atoms with E-state index in [1.54, 1.807) is 24.3 Å². The van der Waals surface area contributed by atoms with Crippen LogP contribution in [-0.2, 0) is 14.8 Å². The molecule has 0 aliphatic heterocycles. The summed E-state index contributed by atoms with van der Waals surface area (Å²) >= 11 is 3.24. The van der Waals surface area contributed by atoms with Crippen LogP contribution in [0.2, 0.25) is 0 Å². The standard InChI is InChI=1S/C10H12BrNO4S/c1-17(15,16)12(6-5-10(13)14)9-4-2-3-8(11)7-9/h2-4,7H,5-6H2,1H3,(H,13,14). The Morgan fingerprint density at radius 1 is 1.47 bits per heavy atom. The predicted octanol–water partition coefficient (Wildman–Crippen LogP) is 1.69. The minimum atomic E-state index is -3.48. The van der Waals surface area contributed by atoms with Gasteiger partial charge in [-0.05, 0) is 18.2 Å². The Balaban J connectivity index is 3.03. The summed E-state index contributed by atoms with van der Waals surface area (Å²) in [4.78, 5) is 10.5. The van der Waals surface area contributed by atoms with Crippen LogP contribution in [-0.4, -0.2) is 32.3 Å². The Labute approximate surface area is 108 Å². The molecule has 0 amide bonds. The summed E-state index contributed by atoms with van der Waals surface area (Å²) in [6.07, 6.45) is 0.815. The number of benzene rings is 1. The number of anilines is 1. The van der Waals surface area contributed by atoms with Gasteiger partial charge in [0.25, 0.3) is 0 Å². The van der Waals surface area contributed by atoms with E-state index < -0.39 is 16.0 Å². The highest BCUT2D eigenvalue weighted by Gasteiger charge is 2.18. The first-order valence-corrected chi connectivity index (χ1v) is 7.40. The molecule has 1 N–H and O–H groups in total. The number of carbonyl (C=O) groups is 1. The largest absolute Gasteiger partial charge is 0.481 e. The van der Waals surface area contributed by atoms with Crippen LogP contribution in [0.15, 0.2) is 28.7 Å². The van der Waals surface area contributed by atoms with Gasteiger partial charge in [-0.25, -0.2) is 8.42 Å². The van der Waals surface area contributed by atoms with Crippen LogP contribution >= 0.6 is 15.9 Å². The van der Waals surface area contributed by atoms with Crippen molar-refractivity contribution in [1.82, 2.24) is 0 Å². The summed E-state index contributed by atoms with van der Waals surface area (Å²) in [5.41, 5.74) is 0.447. The van der Waals surface area contributed by atoms with E-state index in [1.807, 2.05) is 0 Å². The van der Waals surface area contributed by atoms with Gasteiger partial charge in [0.15, 0.2) is 0 Å². The lowest BCUT2D eigenvalue weighted by molar-refractivity contribution is -0.136. The molecular formula is C10H12BrNO4S. The summed E-state index contributed by atoms with van der Waals surface area (Å²) in [5.74, 6) is -1.03. The van der Waals surface area contributed by atoms with Crippen LogP contribution in [0, 0.1) is 0 Å². The molecule has 0 heterocycles. The minimum Gasteiger partial charge on any atom is -0.481 e. The minimum absolute atomic E-state index is 0.0788. The zero-order valence-corrected chi connectivity index (χ0v) is 11.5. The van der Waals surface area contributed by atoms with E-state index in [-0.39, 0.29) is 13.0 Å². The molecule has 0 spiro atoms. The Bertz CT molecular complexity index is 515. The first kappa shape index (κ1) is 14.0. The number of hydrogen-bond acceptors (Lipinski definition) is 3. The molecule has 1 rings (SSSR count). The Kier molecular flexibility index (Phi) is 4.53. The van der Waals surface area contributed by atoms with Crippen LogP contribution in [0.25, 0.3) is 0 Å². The Hall–Kier alpha value is -1.08. The number of aliphatic carboxylic acids is 1. The lowest BCUT2D eigenvalue weighted by Gasteiger charge is -2.21. The highest BCUT2D eigenvalue weighted by atomic mass is 79.9. The summed E-state index contributed by atoms with van der Waals surface area (Å²) in [6, 6.07) is 6.70. The van der Waals surface area contributed by atoms with Crippen LogP contribution in [0.4, 0.5) is 5.69 Å². The predicted molar refractivity (Wildman–Crippen MR) is 68.6 cm³/mol. The van der Waals surface area contributed by atoms with Crippen molar-refractivity contribution in [3.63, 3.8) is 0 Å². The zero-order valence-electron chi connectivity index (χ0n) is 9.13. The van der Waals surface area contributed by atoms with E-state index in [1.165, 1.54) is 0 Å². The van der Waals surface area contributed by atoms with Crippen molar-refractivity contribution in [2.75, 3.05) is 17.1 Å². The molecule has 7 heteroatoms. The molecule has 0 unspecified atom stereocenters. The monoisotopic (exact) mass is 321 g/mol. The van der Waals surface area contributed by atoms with Crippen molar-refractivity contribution in [3.05, 3.63) is 28.7 Å². The zero-order chi connectivity index (χ0) is 13.1. The van der Waals surface area contributed by atoms with Gasteiger partial charge in [-0.1, -0.05) is 22.0 Å². The second-order valence-corrected chi connectivity index (χ2v) is 6.28. The van der Waals surface area contributed by atoms with Crippen LogP contribution in [0.1, 0.15) is 6.42 Å². The maximum absolute atomic E-state index is 11.6. The number of carboxylic acid groups (broad SMARTS) is 1. The van der Waals surface area contributed by atoms with Crippen LogP contribution in [0.5, 0.6) is 0 Å². The summed E-state index contributed by atoms with van der Waals surface area (Å²) in [7, 11) is -3.48. The van der Waals surface area contributed by atoms with Gasteiger partial charge < -0.3 is 5.11 Å². The molecule has 1 aromatic rings. The van der Waals surface area contributed by atoms with Crippen molar-refractivity contribution in [1.29, 1.82) is 0 Å². The van der Waals surface area contributed by atoms with E-state index in [2.05, 4.69) is 15.9 Å². The molecule has 0 radical (unpaired) electrons. The quantitative estimate of drug-likeness (QED) is 0.895. The molecule has 0 bridgehead atoms. The first-order valence-electron chi connectivity index (χ1n) is 4.76. The Morgan fingerprint density at radius 3 is 2.59 bits per heavy atom. The number of sulfonamides is 1. The van der Waals surface area contributed by atoms with Gasteiger partial charge in [0.2, 0.25) is 10.0 Å². The van der Waals surface area contributed by atoms with Crippen LogP contribution < -0.4 is 4.31 Å².